The molecule has 2 atom stereocenters. The highest BCUT2D eigenvalue weighted by atomic mass is 32.7. The summed E-state index contributed by atoms with van der Waals surface area (Å²) in [6.45, 7) is 5.96. The minimum absolute atomic E-state index is 0.287. The Morgan fingerprint density at radius 2 is 2.18 bits per heavy atom. The molecule has 2 unspecified atom stereocenters. The summed E-state index contributed by atoms with van der Waals surface area (Å²) in [5, 5.41) is 0.287. The maximum absolute atomic E-state index is 12.8. The maximum Gasteiger partial charge on any atom is 0.354 e. The molecule has 0 fully saturated rings. The van der Waals surface area contributed by atoms with E-state index >= 15 is 0 Å². The van der Waals surface area contributed by atoms with Gasteiger partial charge in [-0.05, 0) is 31.7 Å². The summed E-state index contributed by atoms with van der Waals surface area (Å²) < 4.78 is 19.8. The van der Waals surface area contributed by atoms with Crippen LogP contribution in [0.2, 0.25) is 0 Å². The lowest BCUT2D eigenvalue weighted by Crippen LogP contribution is -2.19. The molecule has 0 N–H and O–H groups in total. The van der Waals surface area contributed by atoms with Crippen LogP contribution < -0.4 is 0 Å². The standard InChI is InChI=1S/C11H22NO2PS2/c1-5-8-9-12(10-16)15(13,14-7-3)17-11(4)6-2/h5,8,10-11H,6-7,9H2,1-4H3. The Bertz CT molecular complexity index is 297. The molecule has 0 rings (SSSR count). The molecule has 0 aliphatic heterocycles. The summed E-state index contributed by atoms with van der Waals surface area (Å²) >= 11 is 6.32. The highest BCUT2D eigenvalue weighted by molar-refractivity contribution is 8.56. The molecule has 17 heavy (non-hydrogen) atoms. The van der Waals surface area contributed by atoms with Crippen molar-refractivity contribution in [2.45, 2.75) is 39.4 Å². The molecule has 0 radical (unpaired) electrons. The van der Waals surface area contributed by atoms with Gasteiger partial charge in [-0.2, -0.15) is 0 Å². The highest BCUT2D eigenvalue weighted by Gasteiger charge is 2.31. The number of hydrogen-bond donors (Lipinski definition) is 0. The van der Waals surface area contributed by atoms with E-state index < -0.39 is 6.72 Å². The molecule has 0 saturated heterocycles. The largest absolute Gasteiger partial charge is 0.354 e. The highest BCUT2D eigenvalue weighted by Crippen LogP contribution is 2.63. The molecule has 0 amide bonds. The Balaban J connectivity index is 4.86. The molecule has 0 spiro atoms. The molecule has 0 heterocycles. The predicted molar refractivity (Wildman–Crippen MR) is 81.8 cm³/mol. The second-order valence-corrected chi connectivity index (χ2v) is 8.46. The van der Waals surface area contributed by atoms with Crippen molar-refractivity contribution in [2.75, 3.05) is 13.2 Å². The van der Waals surface area contributed by atoms with Crippen LogP contribution >= 0.6 is 30.3 Å². The quantitative estimate of drug-likeness (QED) is 0.355. The van der Waals surface area contributed by atoms with Crippen molar-refractivity contribution in [2.24, 2.45) is 0 Å². The average molecular weight is 295 g/mol. The molecule has 100 valence electrons. The first-order chi connectivity index (χ1) is 8.03. The zero-order valence-electron chi connectivity index (χ0n) is 11.0. The molecule has 0 bridgehead atoms. The normalized spacial score (nSPS) is 16.7. The summed E-state index contributed by atoms with van der Waals surface area (Å²) in [5.74, 6) is 0. The van der Waals surface area contributed by atoms with Crippen molar-refractivity contribution in [1.82, 2.24) is 4.67 Å². The van der Waals surface area contributed by atoms with E-state index in [0.29, 0.717) is 13.2 Å². The van der Waals surface area contributed by atoms with Gasteiger partial charge in [-0.1, -0.05) is 38.2 Å². The molecule has 0 aromatic carbocycles. The minimum atomic E-state index is -2.89. The zero-order chi connectivity index (χ0) is 13.3. The van der Waals surface area contributed by atoms with Crippen LogP contribution in [-0.2, 0) is 9.09 Å². The zero-order valence-corrected chi connectivity index (χ0v) is 13.5. The van der Waals surface area contributed by atoms with Crippen molar-refractivity contribution >= 4 is 35.8 Å². The second-order valence-electron chi connectivity index (χ2n) is 3.51. The van der Waals surface area contributed by atoms with Gasteiger partial charge in [0, 0.05) is 11.8 Å². The summed E-state index contributed by atoms with van der Waals surface area (Å²) in [4.78, 5) is 0. The van der Waals surface area contributed by atoms with Crippen molar-refractivity contribution in [3.8, 4) is 0 Å². The van der Waals surface area contributed by atoms with Crippen LogP contribution in [0.1, 0.15) is 34.1 Å². The monoisotopic (exact) mass is 295 g/mol. The van der Waals surface area contributed by atoms with E-state index in [4.69, 9.17) is 16.7 Å². The predicted octanol–water partition coefficient (Wildman–Crippen LogP) is 4.50. The molecule has 0 aliphatic rings. The van der Waals surface area contributed by atoms with Gasteiger partial charge in [0.1, 0.15) is 0 Å². The summed E-state index contributed by atoms with van der Waals surface area (Å²) in [5.41, 5.74) is 1.44. The fourth-order valence-corrected chi connectivity index (χ4v) is 6.37. The van der Waals surface area contributed by atoms with Gasteiger partial charge in [0.25, 0.3) is 0 Å². The fraction of sp³-hybridized carbons (Fsp3) is 0.727. The first-order valence-electron chi connectivity index (χ1n) is 5.80. The summed E-state index contributed by atoms with van der Waals surface area (Å²) in [6.07, 6.45) is 4.79. The van der Waals surface area contributed by atoms with Gasteiger partial charge in [0.2, 0.25) is 0 Å². The van der Waals surface area contributed by atoms with Gasteiger partial charge in [0.15, 0.2) is 0 Å². The van der Waals surface area contributed by atoms with Crippen molar-refractivity contribution < 1.29 is 9.09 Å². The lowest BCUT2D eigenvalue weighted by Gasteiger charge is -2.28. The topological polar surface area (TPSA) is 29.5 Å². The number of allylic oxidation sites excluding steroid dienone is 1. The van der Waals surface area contributed by atoms with E-state index in [2.05, 4.69) is 6.92 Å². The molecular weight excluding hydrogens is 273 g/mol. The molecule has 0 aliphatic carbocycles. The Morgan fingerprint density at radius 1 is 1.53 bits per heavy atom. The van der Waals surface area contributed by atoms with E-state index in [0.717, 1.165) is 6.42 Å². The van der Waals surface area contributed by atoms with Crippen molar-refractivity contribution in [3.05, 3.63) is 12.2 Å². The number of hydrogen-bond acceptors (Lipinski definition) is 4. The van der Waals surface area contributed by atoms with Crippen LogP contribution in [0.4, 0.5) is 0 Å². The molecule has 0 aromatic rings. The van der Waals surface area contributed by atoms with Crippen LogP contribution in [0.3, 0.4) is 0 Å². The van der Waals surface area contributed by atoms with Gasteiger partial charge in [-0.15, -0.1) is 0 Å². The van der Waals surface area contributed by atoms with Gasteiger partial charge in [-0.25, -0.2) is 0 Å². The van der Waals surface area contributed by atoms with E-state index in [9.17, 15) is 4.57 Å². The van der Waals surface area contributed by atoms with Gasteiger partial charge < -0.3 is 4.52 Å². The smallest absolute Gasteiger partial charge is 0.306 e. The Hall–Kier alpha value is 0.170. The molecule has 0 saturated carbocycles. The SMILES string of the molecule is CC=CCN(C=S)P(=O)(OCC)SC(C)CC. The Kier molecular flexibility index (Phi) is 9.24. The van der Waals surface area contributed by atoms with E-state index in [1.165, 1.54) is 16.9 Å². The number of nitrogens with zero attached hydrogens (tertiary/aromatic N) is 1. The summed E-state index contributed by atoms with van der Waals surface area (Å²) in [7, 11) is 0. The summed E-state index contributed by atoms with van der Waals surface area (Å²) in [6, 6.07) is 0. The van der Waals surface area contributed by atoms with Crippen LogP contribution in [0.5, 0.6) is 0 Å². The average Bonchev–Trinajstić information content (AvgIpc) is 2.30. The fourth-order valence-electron chi connectivity index (χ4n) is 1.04. The second kappa shape index (κ2) is 9.15. The lowest BCUT2D eigenvalue weighted by molar-refractivity contribution is 0.321. The van der Waals surface area contributed by atoms with E-state index in [-0.39, 0.29) is 5.25 Å². The third-order valence-electron chi connectivity index (χ3n) is 2.14. The third-order valence-corrected chi connectivity index (χ3v) is 7.83. The molecule has 6 heteroatoms. The molecule has 3 nitrogen and oxygen atoms in total. The maximum atomic E-state index is 12.8. The van der Waals surface area contributed by atoms with Gasteiger partial charge >= 0.3 is 6.72 Å². The van der Waals surface area contributed by atoms with Crippen LogP contribution in [0.25, 0.3) is 0 Å². The minimum Gasteiger partial charge on any atom is -0.306 e. The van der Waals surface area contributed by atoms with Crippen molar-refractivity contribution in [3.63, 3.8) is 0 Å². The van der Waals surface area contributed by atoms with Gasteiger partial charge in [0.05, 0.1) is 12.1 Å². The lowest BCUT2D eigenvalue weighted by atomic mass is 10.4. The van der Waals surface area contributed by atoms with E-state index in [1.54, 1.807) is 4.67 Å². The first kappa shape index (κ1) is 17.2. The first-order valence-corrected chi connectivity index (χ1v) is 9.33. The van der Waals surface area contributed by atoms with Crippen LogP contribution in [0.15, 0.2) is 12.2 Å². The Morgan fingerprint density at radius 3 is 2.59 bits per heavy atom. The van der Waals surface area contributed by atoms with Crippen molar-refractivity contribution in [1.29, 1.82) is 0 Å². The Labute approximate surface area is 114 Å². The van der Waals surface area contributed by atoms with Crippen LogP contribution in [-0.4, -0.2) is 28.6 Å². The molecule has 0 aromatic heterocycles. The molecular formula is C11H22NO2PS2. The number of thiocarbonyl (C=S) groups is 1. The van der Waals surface area contributed by atoms with Gasteiger partial charge in [-0.3, -0.25) is 9.24 Å². The van der Waals surface area contributed by atoms with E-state index in [1.807, 2.05) is 32.9 Å². The third kappa shape index (κ3) is 6.05. The van der Waals surface area contributed by atoms with Crippen LogP contribution in [0, 0.1) is 0 Å². The number of rotatable bonds is 9.